The maximum Gasteiger partial charge on any atom is 0.210 e. The molecule has 0 radical (unpaired) electrons. The molecule has 0 aliphatic carbocycles. The highest BCUT2D eigenvalue weighted by Gasteiger charge is 2.06. The summed E-state index contributed by atoms with van der Waals surface area (Å²) in [5.74, 6) is 5.35. The average molecular weight is 224 g/mol. The Balaban J connectivity index is 2.85. The number of aryl methyl sites for hydroxylation is 1. The maximum absolute atomic E-state index is 13.5. The zero-order valence-electron chi connectivity index (χ0n) is 9.55. The van der Waals surface area contributed by atoms with Crippen molar-refractivity contribution < 1.29 is 4.39 Å². The Morgan fingerprint density at radius 3 is 2.81 bits per heavy atom. The molecule has 0 unspecified atom stereocenters. The van der Waals surface area contributed by atoms with Crippen molar-refractivity contribution in [1.29, 1.82) is 0 Å². The zero-order valence-corrected chi connectivity index (χ0v) is 9.55. The molecule has 0 heterocycles. The van der Waals surface area contributed by atoms with E-state index in [2.05, 4.69) is 15.7 Å². The van der Waals surface area contributed by atoms with Crippen LogP contribution in [0.3, 0.4) is 0 Å². The molecule has 1 rings (SSSR count). The van der Waals surface area contributed by atoms with E-state index in [0.717, 1.165) is 12.0 Å². The molecule has 4 nitrogen and oxygen atoms in total. The average Bonchev–Trinajstić information content (AvgIpc) is 2.28. The van der Waals surface area contributed by atoms with Gasteiger partial charge in [0, 0.05) is 6.54 Å². The first-order valence-electron chi connectivity index (χ1n) is 5.22. The maximum atomic E-state index is 13.5. The number of hydrogen-bond acceptors (Lipinski definition) is 2. The molecule has 4 N–H and O–H groups in total. The highest BCUT2D eigenvalue weighted by Crippen LogP contribution is 2.18. The quantitative estimate of drug-likeness (QED) is 0.317. The third-order valence-corrected chi connectivity index (χ3v) is 2.10. The first kappa shape index (κ1) is 12.4. The first-order valence-corrected chi connectivity index (χ1v) is 5.22. The van der Waals surface area contributed by atoms with E-state index < -0.39 is 0 Å². The van der Waals surface area contributed by atoms with Gasteiger partial charge in [-0.15, -0.1) is 0 Å². The van der Waals surface area contributed by atoms with Crippen LogP contribution in [0, 0.1) is 12.7 Å². The molecule has 0 atom stereocenters. The normalized spacial score (nSPS) is 11.4. The van der Waals surface area contributed by atoms with Crippen molar-refractivity contribution in [3.8, 4) is 0 Å². The number of nitrogens with two attached hydrogens (primary N) is 1. The van der Waals surface area contributed by atoms with Crippen LogP contribution in [0.2, 0.25) is 0 Å². The fraction of sp³-hybridized carbons (Fsp3) is 0.364. The van der Waals surface area contributed by atoms with Gasteiger partial charge < -0.3 is 5.32 Å². The minimum Gasteiger partial charge on any atom is -0.323 e. The fourth-order valence-electron chi connectivity index (χ4n) is 1.25. The summed E-state index contributed by atoms with van der Waals surface area (Å²) in [7, 11) is 0. The number of nitrogens with one attached hydrogen (secondary N) is 2. The summed E-state index contributed by atoms with van der Waals surface area (Å²) in [5.41, 5.74) is 3.62. The lowest BCUT2D eigenvalue weighted by molar-refractivity contribution is 0.631. The van der Waals surface area contributed by atoms with Gasteiger partial charge in [-0.3, -0.25) is 10.4 Å². The summed E-state index contributed by atoms with van der Waals surface area (Å²) in [6.07, 6.45) is 0.906. The fourth-order valence-corrected chi connectivity index (χ4v) is 1.25. The van der Waals surface area contributed by atoms with Gasteiger partial charge in [0.15, 0.2) is 0 Å². The molecule has 0 fully saturated rings. The van der Waals surface area contributed by atoms with Crippen LogP contribution < -0.4 is 16.6 Å². The van der Waals surface area contributed by atoms with Gasteiger partial charge >= 0.3 is 0 Å². The predicted octanol–water partition coefficient (Wildman–Crippen LogP) is 1.78. The Morgan fingerprint density at radius 2 is 2.25 bits per heavy atom. The Labute approximate surface area is 94.7 Å². The molecule has 0 spiro atoms. The number of aliphatic imine (C=N–C) groups is 1. The minimum absolute atomic E-state index is 0.320. The molecule has 5 heteroatoms. The van der Waals surface area contributed by atoms with Crippen molar-refractivity contribution in [2.24, 2.45) is 10.8 Å². The molecule has 0 aliphatic heterocycles. The van der Waals surface area contributed by atoms with E-state index in [0.29, 0.717) is 18.2 Å². The van der Waals surface area contributed by atoms with Gasteiger partial charge in [-0.25, -0.2) is 10.2 Å². The molecule has 0 amide bonds. The summed E-state index contributed by atoms with van der Waals surface area (Å²) in [4.78, 5) is 4.14. The van der Waals surface area contributed by atoms with Crippen LogP contribution in [-0.4, -0.2) is 12.5 Å². The van der Waals surface area contributed by atoms with E-state index in [1.165, 1.54) is 6.07 Å². The van der Waals surface area contributed by atoms with E-state index in [-0.39, 0.29) is 5.82 Å². The standard InChI is InChI=1S/C11H17FN4/c1-3-7-14-11(16-13)15-10-8(2)5-4-6-9(10)12/h4-6H,3,7,13H2,1-2H3,(H2,14,15,16). The van der Waals surface area contributed by atoms with Crippen molar-refractivity contribution >= 4 is 11.6 Å². The van der Waals surface area contributed by atoms with Crippen LogP contribution in [0.4, 0.5) is 10.1 Å². The lowest BCUT2D eigenvalue weighted by Crippen LogP contribution is -2.36. The highest BCUT2D eigenvalue weighted by atomic mass is 19.1. The molecule has 1 aromatic carbocycles. The molecule has 0 aliphatic rings. The number of hydrazine groups is 1. The molecule has 0 bridgehead atoms. The number of anilines is 1. The summed E-state index contributed by atoms with van der Waals surface area (Å²) in [5, 5.41) is 2.84. The van der Waals surface area contributed by atoms with E-state index in [1.807, 2.05) is 19.9 Å². The number of halogens is 1. The highest BCUT2D eigenvalue weighted by molar-refractivity contribution is 5.93. The topological polar surface area (TPSA) is 62.4 Å². The summed E-state index contributed by atoms with van der Waals surface area (Å²) in [6.45, 7) is 4.46. The molecular formula is C11H17FN4. The molecule has 88 valence electrons. The lowest BCUT2D eigenvalue weighted by Gasteiger charge is -2.12. The molecule has 0 saturated carbocycles. The van der Waals surface area contributed by atoms with E-state index in [1.54, 1.807) is 6.07 Å². The SMILES string of the molecule is CCCN=C(NN)Nc1c(C)cccc1F. The van der Waals surface area contributed by atoms with Crippen LogP contribution in [0.5, 0.6) is 0 Å². The Kier molecular flexibility index (Phi) is 4.72. The Bertz CT molecular complexity index is 356. The van der Waals surface area contributed by atoms with Crippen molar-refractivity contribution in [3.63, 3.8) is 0 Å². The van der Waals surface area contributed by atoms with Gasteiger partial charge in [0.1, 0.15) is 5.82 Å². The number of guanidine groups is 1. The van der Waals surface area contributed by atoms with Crippen molar-refractivity contribution in [1.82, 2.24) is 5.43 Å². The van der Waals surface area contributed by atoms with Crippen molar-refractivity contribution in [2.45, 2.75) is 20.3 Å². The van der Waals surface area contributed by atoms with Crippen LogP contribution in [0.15, 0.2) is 23.2 Å². The molecule has 1 aromatic rings. The van der Waals surface area contributed by atoms with Gasteiger partial charge in [0.2, 0.25) is 5.96 Å². The molecule has 0 saturated heterocycles. The number of hydrogen-bond donors (Lipinski definition) is 3. The molecular weight excluding hydrogens is 207 g/mol. The molecule has 0 aromatic heterocycles. The van der Waals surface area contributed by atoms with Crippen molar-refractivity contribution in [3.05, 3.63) is 29.6 Å². The van der Waals surface area contributed by atoms with Gasteiger partial charge in [-0.1, -0.05) is 19.1 Å². The summed E-state index contributed by atoms with van der Waals surface area (Å²) in [6, 6.07) is 4.87. The van der Waals surface area contributed by atoms with Gasteiger partial charge in [0.25, 0.3) is 0 Å². The minimum atomic E-state index is -0.320. The smallest absolute Gasteiger partial charge is 0.210 e. The van der Waals surface area contributed by atoms with E-state index in [4.69, 9.17) is 5.84 Å². The van der Waals surface area contributed by atoms with Crippen LogP contribution in [0.1, 0.15) is 18.9 Å². The van der Waals surface area contributed by atoms with Crippen LogP contribution >= 0.6 is 0 Å². The number of nitrogens with zero attached hydrogens (tertiary/aromatic N) is 1. The number of para-hydroxylation sites is 1. The Morgan fingerprint density at radius 1 is 1.50 bits per heavy atom. The van der Waals surface area contributed by atoms with E-state index in [9.17, 15) is 4.39 Å². The van der Waals surface area contributed by atoms with Crippen LogP contribution in [0.25, 0.3) is 0 Å². The largest absolute Gasteiger partial charge is 0.323 e. The third kappa shape index (κ3) is 3.20. The second kappa shape index (κ2) is 6.07. The molecule has 16 heavy (non-hydrogen) atoms. The van der Waals surface area contributed by atoms with Gasteiger partial charge in [-0.05, 0) is 25.0 Å². The second-order valence-electron chi connectivity index (χ2n) is 3.43. The zero-order chi connectivity index (χ0) is 12.0. The van der Waals surface area contributed by atoms with Gasteiger partial charge in [-0.2, -0.15) is 0 Å². The summed E-state index contributed by atoms with van der Waals surface area (Å²) < 4.78 is 13.5. The predicted molar refractivity (Wildman–Crippen MR) is 64.7 cm³/mol. The van der Waals surface area contributed by atoms with Gasteiger partial charge in [0.05, 0.1) is 5.69 Å². The number of rotatable bonds is 3. The van der Waals surface area contributed by atoms with Crippen LogP contribution in [-0.2, 0) is 0 Å². The first-order chi connectivity index (χ1) is 7.69. The third-order valence-electron chi connectivity index (χ3n) is 2.10. The lowest BCUT2D eigenvalue weighted by atomic mass is 10.2. The van der Waals surface area contributed by atoms with Crippen molar-refractivity contribution in [2.75, 3.05) is 11.9 Å². The summed E-state index contributed by atoms with van der Waals surface area (Å²) >= 11 is 0. The second-order valence-corrected chi connectivity index (χ2v) is 3.43. The number of benzene rings is 1. The Hall–Kier alpha value is -1.62. The van der Waals surface area contributed by atoms with E-state index >= 15 is 0 Å². The monoisotopic (exact) mass is 224 g/mol.